The van der Waals surface area contributed by atoms with Gasteiger partial charge in [-0.25, -0.2) is 17.9 Å². The number of nitrogens with one attached hydrogen (secondary N) is 1. The second kappa shape index (κ2) is 15.7. The summed E-state index contributed by atoms with van der Waals surface area (Å²) in [5.74, 6) is 0.418. The molecule has 0 saturated heterocycles. The van der Waals surface area contributed by atoms with E-state index in [9.17, 15) is 18.0 Å². The highest BCUT2D eigenvalue weighted by molar-refractivity contribution is 7.92. The van der Waals surface area contributed by atoms with Crippen LogP contribution in [-0.2, 0) is 39.1 Å². The fourth-order valence-electron chi connectivity index (χ4n) is 4.40. The van der Waals surface area contributed by atoms with Gasteiger partial charge in [0.2, 0.25) is 5.91 Å². The highest BCUT2D eigenvalue weighted by Crippen LogP contribution is 2.37. The van der Waals surface area contributed by atoms with Crippen molar-refractivity contribution < 1.29 is 22.7 Å². The van der Waals surface area contributed by atoms with Crippen molar-refractivity contribution in [3.63, 3.8) is 0 Å². The van der Waals surface area contributed by atoms with Crippen molar-refractivity contribution >= 4 is 33.4 Å². The maximum absolute atomic E-state index is 13.4. The standard InChI is InChI=1S/C32H42N2O5S2/c1-5-7-17-30(35)34(22-25-13-10-9-11-14-25)23-26-15-12-16-27(20-26)29-21-28(19-24(3)4)40-31(29)41(37,38)33-32(36)39-18-8-6-2/h9-16,20-21,24H,5-8,17-19,22-23H2,1-4H3,(H,33,36). The van der Waals surface area contributed by atoms with Gasteiger partial charge in [0.15, 0.2) is 0 Å². The Labute approximate surface area is 249 Å². The summed E-state index contributed by atoms with van der Waals surface area (Å²) in [4.78, 5) is 28.2. The molecule has 0 aliphatic rings. The molecule has 0 unspecified atom stereocenters. The molecule has 2 aromatic carbocycles. The summed E-state index contributed by atoms with van der Waals surface area (Å²) in [7, 11) is -4.16. The third-order valence-electron chi connectivity index (χ3n) is 6.48. The average Bonchev–Trinajstić information content (AvgIpc) is 3.36. The molecule has 0 aliphatic carbocycles. The lowest BCUT2D eigenvalue weighted by atomic mass is 10.0. The Morgan fingerprint density at radius 1 is 0.927 bits per heavy atom. The Kier molecular flexibility index (Phi) is 12.4. The van der Waals surface area contributed by atoms with E-state index in [0.717, 1.165) is 35.3 Å². The summed E-state index contributed by atoms with van der Waals surface area (Å²) in [6.45, 7) is 9.24. The van der Waals surface area contributed by atoms with E-state index < -0.39 is 16.1 Å². The van der Waals surface area contributed by atoms with Gasteiger partial charge in [-0.1, -0.05) is 89.1 Å². The normalized spacial score (nSPS) is 11.4. The molecule has 0 aliphatic heterocycles. The van der Waals surface area contributed by atoms with Crippen LogP contribution in [0.1, 0.15) is 75.8 Å². The maximum Gasteiger partial charge on any atom is 0.421 e. The van der Waals surface area contributed by atoms with E-state index in [1.807, 2.05) is 72.5 Å². The smallest absolute Gasteiger partial charge is 0.421 e. The first kappa shape index (κ1) is 32.3. The molecule has 0 radical (unpaired) electrons. The minimum atomic E-state index is -4.16. The predicted octanol–water partition coefficient (Wildman–Crippen LogP) is 7.55. The molecule has 1 N–H and O–H groups in total. The van der Waals surface area contributed by atoms with Crippen molar-refractivity contribution in [2.75, 3.05) is 6.61 Å². The van der Waals surface area contributed by atoms with Crippen LogP contribution in [0.2, 0.25) is 0 Å². The molecule has 1 heterocycles. The number of amides is 2. The number of benzene rings is 2. The number of hydrogen-bond donors (Lipinski definition) is 1. The molecule has 222 valence electrons. The molecule has 0 bridgehead atoms. The van der Waals surface area contributed by atoms with Gasteiger partial charge in [-0.05, 0) is 54.0 Å². The average molecular weight is 599 g/mol. The number of hydrogen-bond acceptors (Lipinski definition) is 6. The van der Waals surface area contributed by atoms with E-state index in [4.69, 9.17) is 4.74 Å². The minimum absolute atomic E-state index is 0.0814. The Morgan fingerprint density at radius 3 is 2.29 bits per heavy atom. The zero-order chi connectivity index (χ0) is 29.8. The highest BCUT2D eigenvalue weighted by Gasteiger charge is 2.26. The summed E-state index contributed by atoms with van der Waals surface area (Å²) < 4.78 is 34.0. The van der Waals surface area contributed by atoms with Gasteiger partial charge in [0.25, 0.3) is 10.0 Å². The molecule has 3 rings (SSSR count). The summed E-state index contributed by atoms with van der Waals surface area (Å²) in [5, 5.41) is 0. The lowest BCUT2D eigenvalue weighted by Gasteiger charge is -2.23. The molecule has 0 spiro atoms. The fourth-order valence-corrected chi connectivity index (χ4v) is 7.24. The number of sulfonamides is 1. The van der Waals surface area contributed by atoms with Crippen LogP contribution >= 0.6 is 11.3 Å². The molecule has 0 atom stereocenters. The van der Waals surface area contributed by atoms with Gasteiger partial charge in [-0.15, -0.1) is 11.3 Å². The predicted molar refractivity (Wildman–Crippen MR) is 165 cm³/mol. The minimum Gasteiger partial charge on any atom is -0.449 e. The maximum atomic E-state index is 13.4. The Hall–Kier alpha value is -3.17. The number of rotatable bonds is 15. The van der Waals surface area contributed by atoms with E-state index in [1.54, 1.807) is 0 Å². The first-order valence-electron chi connectivity index (χ1n) is 14.4. The summed E-state index contributed by atoms with van der Waals surface area (Å²) >= 11 is 1.17. The van der Waals surface area contributed by atoms with Crippen LogP contribution in [-0.4, -0.2) is 31.9 Å². The van der Waals surface area contributed by atoms with Crippen molar-refractivity contribution in [3.05, 3.63) is 76.7 Å². The molecule has 0 fully saturated rings. The molecule has 9 heteroatoms. The van der Waals surface area contributed by atoms with Gasteiger partial charge >= 0.3 is 6.09 Å². The third-order valence-corrected chi connectivity index (χ3v) is 9.48. The first-order valence-corrected chi connectivity index (χ1v) is 16.7. The Balaban J connectivity index is 1.93. The second-order valence-electron chi connectivity index (χ2n) is 10.6. The van der Waals surface area contributed by atoms with Gasteiger partial charge in [0.05, 0.1) is 6.61 Å². The van der Waals surface area contributed by atoms with Crippen LogP contribution < -0.4 is 4.72 Å². The molecule has 7 nitrogen and oxygen atoms in total. The van der Waals surface area contributed by atoms with Crippen molar-refractivity contribution in [1.82, 2.24) is 9.62 Å². The zero-order valence-electron chi connectivity index (χ0n) is 24.5. The van der Waals surface area contributed by atoms with E-state index in [0.29, 0.717) is 49.4 Å². The van der Waals surface area contributed by atoms with Crippen molar-refractivity contribution in [1.29, 1.82) is 0 Å². The van der Waals surface area contributed by atoms with Crippen LogP contribution in [0.4, 0.5) is 4.79 Å². The molecular weight excluding hydrogens is 556 g/mol. The van der Waals surface area contributed by atoms with E-state index in [-0.39, 0.29) is 16.7 Å². The number of nitrogens with zero attached hydrogens (tertiary/aromatic N) is 1. The lowest BCUT2D eigenvalue weighted by molar-refractivity contribution is -0.132. The topological polar surface area (TPSA) is 92.8 Å². The van der Waals surface area contributed by atoms with Crippen molar-refractivity contribution in [2.24, 2.45) is 5.92 Å². The summed E-state index contributed by atoms with van der Waals surface area (Å²) in [6, 6.07) is 19.4. The quantitative estimate of drug-likeness (QED) is 0.182. The molecule has 41 heavy (non-hydrogen) atoms. The summed E-state index contributed by atoms with van der Waals surface area (Å²) in [5.41, 5.74) is 3.20. The van der Waals surface area contributed by atoms with Crippen LogP contribution in [0.3, 0.4) is 0 Å². The van der Waals surface area contributed by atoms with Crippen LogP contribution in [0.5, 0.6) is 0 Å². The first-order chi connectivity index (χ1) is 19.6. The number of carbonyl (C=O) groups is 2. The van der Waals surface area contributed by atoms with Gasteiger partial charge in [-0.3, -0.25) is 4.79 Å². The lowest BCUT2D eigenvalue weighted by Crippen LogP contribution is -2.31. The van der Waals surface area contributed by atoms with Crippen LogP contribution in [0.15, 0.2) is 64.9 Å². The van der Waals surface area contributed by atoms with E-state index in [2.05, 4.69) is 25.5 Å². The fraction of sp³-hybridized carbons (Fsp3) is 0.438. The van der Waals surface area contributed by atoms with Crippen LogP contribution in [0, 0.1) is 5.92 Å². The van der Waals surface area contributed by atoms with Crippen LogP contribution in [0.25, 0.3) is 11.1 Å². The van der Waals surface area contributed by atoms with Gasteiger partial charge in [-0.2, -0.15) is 0 Å². The van der Waals surface area contributed by atoms with Gasteiger partial charge < -0.3 is 9.64 Å². The van der Waals surface area contributed by atoms with E-state index in [1.165, 1.54) is 11.3 Å². The molecule has 2 amide bonds. The number of carbonyl (C=O) groups excluding carboxylic acids is 2. The SMILES string of the molecule is CCCCOC(=O)NS(=O)(=O)c1sc(CC(C)C)cc1-c1cccc(CN(Cc2ccccc2)C(=O)CCCC)c1. The highest BCUT2D eigenvalue weighted by atomic mass is 32.2. The molecule has 1 aromatic heterocycles. The van der Waals surface area contributed by atoms with Gasteiger partial charge in [0, 0.05) is 30.0 Å². The second-order valence-corrected chi connectivity index (χ2v) is 13.7. The largest absolute Gasteiger partial charge is 0.449 e. The zero-order valence-corrected chi connectivity index (χ0v) is 26.2. The van der Waals surface area contributed by atoms with E-state index >= 15 is 0 Å². The Bertz CT molecular complexity index is 1380. The number of unbranched alkanes of at least 4 members (excludes halogenated alkanes) is 2. The number of thiophene rings is 1. The monoisotopic (exact) mass is 598 g/mol. The third kappa shape index (κ3) is 10.0. The number of ether oxygens (including phenoxy) is 1. The summed E-state index contributed by atoms with van der Waals surface area (Å²) in [6.07, 6.45) is 3.47. The molecular formula is C32H42N2O5S2. The van der Waals surface area contributed by atoms with Crippen molar-refractivity contribution in [2.45, 2.75) is 83.5 Å². The van der Waals surface area contributed by atoms with Gasteiger partial charge in [0.1, 0.15) is 4.21 Å². The molecule has 0 saturated carbocycles. The van der Waals surface area contributed by atoms with Crippen molar-refractivity contribution in [3.8, 4) is 11.1 Å². The Morgan fingerprint density at radius 2 is 1.61 bits per heavy atom. The molecule has 3 aromatic rings.